The highest BCUT2D eigenvalue weighted by atomic mass is 16.5. The molecule has 1 aliphatic carbocycles. The minimum absolute atomic E-state index is 0.0504. The van der Waals surface area contributed by atoms with Gasteiger partial charge in [-0.3, -0.25) is 4.79 Å². The van der Waals surface area contributed by atoms with Crippen molar-refractivity contribution in [1.29, 1.82) is 0 Å². The van der Waals surface area contributed by atoms with Gasteiger partial charge in [0.2, 0.25) is 5.91 Å². The van der Waals surface area contributed by atoms with Crippen molar-refractivity contribution < 1.29 is 14.3 Å². The number of hydrogen-bond donors (Lipinski definition) is 2. The molecule has 5 nitrogen and oxygen atoms in total. The number of amides is 1. The van der Waals surface area contributed by atoms with Gasteiger partial charge in [0, 0.05) is 6.54 Å². The van der Waals surface area contributed by atoms with E-state index in [1.54, 1.807) is 7.11 Å². The van der Waals surface area contributed by atoms with Crippen LogP contribution in [0.25, 0.3) is 0 Å². The van der Waals surface area contributed by atoms with Gasteiger partial charge < -0.3 is 20.1 Å². The predicted molar refractivity (Wildman–Crippen MR) is 93.4 cm³/mol. The summed E-state index contributed by atoms with van der Waals surface area (Å²) in [6.45, 7) is 1.44. The second-order valence-corrected chi connectivity index (χ2v) is 6.73. The molecule has 0 bridgehead atoms. The number of hydrogen-bond acceptors (Lipinski definition) is 4. The molecule has 1 saturated heterocycles. The van der Waals surface area contributed by atoms with Crippen molar-refractivity contribution in [2.75, 3.05) is 13.7 Å². The molecule has 2 N–H and O–H groups in total. The summed E-state index contributed by atoms with van der Waals surface area (Å²) in [5.74, 6) is 1.62. The maximum atomic E-state index is 12.2. The maximum absolute atomic E-state index is 12.2. The van der Waals surface area contributed by atoms with Crippen LogP contribution in [0.4, 0.5) is 0 Å². The molecule has 1 atom stereocenters. The number of nitrogens with one attached hydrogen (secondary N) is 2. The summed E-state index contributed by atoms with van der Waals surface area (Å²) in [6.07, 6.45) is 8.23. The Morgan fingerprint density at radius 1 is 1.17 bits per heavy atom. The summed E-state index contributed by atoms with van der Waals surface area (Å²) in [7, 11) is 1.66. The first kappa shape index (κ1) is 17.1. The number of benzene rings is 1. The molecule has 0 unspecified atom stereocenters. The molecule has 0 radical (unpaired) electrons. The Kier molecular flexibility index (Phi) is 5.96. The predicted octanol–water partition coefficient (Wildman–Crippen LogP) is 2.77. The Hall–Kier alpha value is -1.75. The van der Waals surface area contributed by atoms with E-state index in [-0.39, 0.29) is 11.9 Å². The van der Waals surface area contributed by atoms with Gasteiger partial charge in [-0.15, -0.1) is 0 Å². The van der Waals surface area contributed by atoms with Crippen LogP contribution in [0.1, 0.15) is 50.5 Å². The van der Waals surface area contributed by atoms with Gasteiger partial charge in [-0.25, -0.2) is 0 Å². The monoisotopic (exact) mass is 332 g/mol. The van der Waals surface area contributed by atoms with Crippen molar-refractivity contribution in [3.05, 3.63) is 23.8 Å². The van der Waals surface area contributed by atoms with E-state index in [4.69, 9.17) is 9.47 Å². The van der Waals surface area contributed by atoms with Crippen LogP contribution >= 0.6 is 0 Å². The van der Waals surface area contributed by atoms with E-state index < -0.39 is 0 Å². The van der Waals surface area contributed by atoms with Gasteiger partial charge in [-0.1, -0.05) is 12.5 Å². The molecule has 5 heteroatoms. The molecule has 2 fully saturated rings. The third kappa shape index (κ3) is 4.41. The molecule has 1 aromatic carbocycles. The van der Waals surface area contributed by atoms with Crippen molar-refractivity contribution in [3.63, 3.8) is 0 Å². The van der Waals surface area contributed by atoms with Crippen molar-refractivity contribution in [3.8, 4) is 11.5 Å². The van der Waals surface area contributed by atoms with E-state index in [2.05, 4.69) is 10.6 Å². The fourth-order valence-corrected chi connectivity index (χ4v) is 3.49. The van der Waals surface area contributed by atoms with Crippen LogP contribution in [-0.4, -0.2) is 31.7 Å². The Bertz CT molecular complexity index is 550. The van der Waals surface area contributed by atoms with Crippen molar-refractivity contribution >= 4 is 5.91 Å². The maximum Gasteiger partial charge on any atom is 0.237 e. The highest BCUT2D eigenvalue weighted by Gasteiger charge is 2.21. The minimum Gasteiger partial charge on any atom is -0.493 e. The molecule has 2 aliphatic rings. The Balaban J connectivity index is 1.56. The number of rotatable bonds is 6. The van der Waals surface area contributed by atoms with Crippen LogP contribution in [0.5, 0.6) is 11.5 Å². The minimum atomic E-state index is -0.0504. The van der Waals surface area contributed by atoms with Gasteiger partial charge in [0.1, 0.15) is 0 Å². The Morgan fingerprint density at radius 3 is 2.67 bits per heavy atom. The average Bonchev–Trinajstić information content (AvgIpc) is 3.14. The van der Waals surface area contributed by atoms with Crippen molar-refractivity contribution in [1.82, 2.24) is 10.6 Å². The highest BCUT2D eigenvalue weighted by Crippen LogP contribution is 2.32. The molecule has 3 rings (SSSR count). The molecule has 1 saturated carbocycles. The largest absolute Gasteiger partial charge is 0.493 e. The quantitative estimate of drug-likeness (QED) is 0.841. The summed E-state index contributed by atoms with van der Waals surface area (Å²) >= 11 is 0. The van der Waals surface area contributed by atoms with E-state index in [1.165, 1.54) is 12.8 Å². The number of carbonyl (C=O) groups excluding carboxylic acids is 1. The van der Waals surface area contributed by atoms with Gasteiger partial charge in [0.25, 0.3) is 0 Å². The highest BCUT2D eigenvalue weighted by molar-refractivity contribution is 5.81. The molecule has 132 valence electrons. The van der Waals surface area contributed by atoms with Gasteiger partial charge in [-0.05, 0) is 62.8 Å². The fraction of sp³-hybridized carbons (Fsp3) is 0.632. The molecular weight excluding hydrogens is 304 g/mol. The first-order valence-electron chi connectivity index (χ1n) is 9.11. The van der Waals surface area contributed by atoms with Crippen LogP contribution in [0, 0.1) is 0 Å². The lowest BCUT2D eigenvalue weighted by Crippen LogP contribution is -2.46. The van der Waals surface area contributed by atoms with Crippen LogP contribution < -0.4 is 20.1 Å². The third-order valence-electron chi connectivity index (χ3n) is 4.92. The van der Waals surface area contributed by atoms with E-state index in [0.29, 0.717) is 12.6 Å². The zero-order chi connectivity index (χ0) is 16.8. The van der Waals surface area contributed by atoms with Gasteiger partial charge in [0.05, 0.1) is 19.3 Å². The van der Waals surface area contributed by atoms with Crippen LogP contribution in [0.15, 0.2) is 18.2 Å². The second-order valence-electron chi connectivity index (χ2n) is 6.73. The summed E-state index contributed by atoms with van der Waals surface area (Å²) in [6, 6.07) is 5.86. The summed E-state index contributed by atoms with van der Waals surface area (Å²) in [4.78, 5) is 12.2. The third-order valence-corrected chi connectivity index (χ3v) is 4.92. The van der Waals surface area contributed by atoms with Crippen LogP contribution in [0.2, 0.25) is 0 Å². The first-order chi connectivity index (χ1) is 11.8. The van der Waals surface area contributed by atoms with Gasteiger partial charge in [-0.2, -0.15) is 0 Å². The van der Waals surface area contributed by atoms with Gasteiger partial charge >= 0.3 is 0 Å². The number of methoxy groups -OCH3 is 1. The van der Waals surface area contributed by atoms with E-state index >= 15 is 0 Å². The lowest BCUT2D eigenvalue weighted by Gasteiger charge is -2.22. The molecule has 1 aromatic rings. The summed E-state index contributed by atoms with van der Waals surface area (Å²) in [5, 5.41) is 6.29. The molecule has 1 heterocycles. The first-order valence-corrected chi connectivity index (χ1v) is 9.11. The van der Waals surface area contributed by atoms with E-state index in [0.717, 1.165) is 55.7 Å². The Morgan fingerprint density at radius 2 is 1.96 bits per heavy atom. The smallest absolute Gasteiger partial charge is 0.237 e. The zero-order valence-corrected chi connectivity index (χ0v) is 14.5. The zero-order valence-electron chi connectivity index (χ0n) is 14.5. The lowest BCUT2D eigenvalue weighted by molar-refractivity contribution is -0.123. The second kappa shape index (κ2) is 8.38. The lowest BCUT2D eigenvalue weighted by atomic mass is 10.0. The summed E-state index contributed by atoms with van der Waals surface area (Å²) in [5.41, 5.74) is 1.02. The number of ether oxygens (including phenoxy) is 2. The topological polar surface area (TPSA) is 59.6 Å². The SMILES string of the molecule is COc1cc(CNC(=O)[C@H]2CCCCN2)ccc1OC1CCCC1. The summed E-state index contributed by atoms with van der Waals surface area (Å²) < 4.78 is 11.5. The standard InChI is InChI=1S/C19H28N2O3/c1-23-18-12-14(9-10-17(18)24-15-6-2-3-7-15)13-21-19(22)16-8-4-5-11-20-16/h9-10,12,15-16,20H,2-8,11,13H2,1H3,(H,21,22)/t16-/m1/s1. The van der Waals surface area contributed by atoms with E-state index in [1.807, 2.05) is 18.2 Å². The normalized spacial score (nSPS) is 21.5. The van der Waals surface area contributed by atoms with Crippen LogP contribution in [-0.2, 0) is 11.3 Å². The molecule has 0 aromatic heterocycles. The Labute approximate surface area is 144 Å². The fourth-order valence-electron chi connectivity index (χ4n) is 3.49. The average molecular weight is 332 g/mol. The number of carbonyl (C=O) groups is 1. The van der Waals surface area contributed by atoms with Crippen LogP contribution in [0.3, 0.4) is 0 Å². The van der Waals surface area contributed by atoms with Gasteiger partial charge in [0.15, 0.2) is 11.5 Å². The van der Waals surface area contributed by atoms with E-state index in [9.17, 15) is 4.79 Å². The molecular formula is C19H28N2O3. The molecule has 1 amide bonds. The molecule has 0 spiro atoms. The molecule has 1 aliphatic heterocycles. The van der Waals surface area contributed by atoms with Crippen molar-refractivity contribution in [2.45, 2.75) is 63.6 Å². The number of piperidine rings is 1. The van der Waals surface area contributed by atoms with Crippen molar-refractivity contribution in [2.24, 2.45) is 0 Å². The molecule has 24 heavy (non-hydrogen) atoms.